The second kappa shape index (κ2) is 5.40. The molecule has 0 bridgehead atoms. The van der Waals surface area contributed by atoms with Crippen molar-refractivity contribution in [1.82, 2.24) is 9.97 Å². The van der Waals surface area contributed by atoms with Gasteiger partial charge in [-0.15, -0.1) is 0 Å². The van der Waals surface area contributed by atoms with E-state index in [4.69, 9.17) is 0 Å². The van der Waals surface area contributed by atoms with Gasteiger partial charge in [-0.3, -0.25) is 14.9 Å². The van der Waals surface area contributed by atoms with E-state index < -0.39 is 4.92 Å². The Hall–Kier alpha value is -2.44. The van der Waals surface area contributed by atoms with Crippen LogP contribution in [0, 0.1) is 22.0 Å². The van der Waals surface area contributed by atoms with Crippen LogP contribution in [-0.2, 0) is 0 Å². The van der Waals surface area contributed by atoms with Gasteiger partial charge in [0.1, 0.15) is 5.69 Å². The summed E-state index contributed by atoms with van der Waals surface area (Å²) in [6.45, 7) is 5.86. The molecule has 7 nitrogen and oxygen atoms in total. The normalized spacial score (nSPS) is 22.0. The molecule has 7 heteroatoms. The summed E-state index contributed by atoms with van der Waals surface area (Å²) < 4.78 is 0. The molecule has 3 rings (SSSR count). The van der Waals surface area contributed by atoms with Crippen molar-refractivity contribution in [2.24, 2.45) is 11.8 Å². The average Bonchev–Trinajstić information content (AvgIpc) is 2.45. The van der Waals surface area contributed by atoms with Crippen molar-refractivity contribution in [2.45, 2.75) is 20.3 Å². The van der Waals surface area contributed by atoms with Crippen molar-refractivity contribution in [2.75, 3.05) is 18.0 Å². The van der Waals surface area contributed by atoms with E-state index in [1.54, 1.807) is 6.07 Å². The van der Waals surface area contributed by atoms with Gasteiger partial charge >= 0.3 is 0 Å². The maximum atomic E-state index is 11.8. The van der Waals surface area contributed by atoms with E-state index in [0.29, 0.717) is 23.0 Å². The Morgan fingerprint density at radius 1 is 1.32 bits per heavy atom. The van der Waals surface area contributed by atoms with E-state index in [1.807, 2.05) is 4.90 Å². The van der Waals surface area contributed by atoms with E-state index >= 15 is 0 Å². The number of benzene rings is 1. The molecule has 2 atom stereocenters. The third-order valence-electron chi connectivity index (χ3n) is 4.14. The number of aromatic nitrogens is 2. The zero-order valence-corrected chi connectivity index (χ0v) is 12.6. The lowest BCUT2D eigenvalue weighted by atomic mass is 9.91. The van der Waals surface area contributed by atoms with Gasteiger partial charge in [0.05, 0.1) is 22.2 Å². The molecule has 0 spiro atoms. The Morgan fingerprint density at radius 3 is 2.64 bits per heavy atom. The maximum Gasteiger partial charge on any atom is 0.293 e. The second-order valence-corrected chi connectivity index (χ2v) is 6.20. The van der Waals surface area contributed by atoms with E-state index in [1.165, 1.54) is 12.4 Å². The quantitative estimate of drug-likeness (QED) is 0.679. The summed E-state index contributed by atoms with van der Waals surface area (Å²) >= 11 is 0. The van der Waals surface area contributed by atoms with Crippen LogP contribution >= 0.6 is 0 Å². The summed E-state index contributed by atoms with van der Waals surface area (Å²) in [5, 5.41) is 11.7. The van der Waals surface area contributed by atoms with Crippen molar-refractivity contribution in [3.8, 4) is 0 Å². The molecule has 1 N–H and O–H groups in total. The number of aromatic amines is 1. The summed E-state index contributed by atoms with van der Waals surface area (Å²) in [6, 6.07) is 2.99. The van der Waals surface area contributed by atoms with Crippen LogP contribution in [-0.4, -0.2) is 28.0 Å². The number of H-pyrrole nitrogens is 1. The molecule has 1 fully saturated rings. The Kier molecular flexibility index (Phi) is 3.56. The Bertz CT molecular complexity index is 776. The van der Waals surface area contributed by atoms with Crippen LogP contribution in [0.5, 0.6) is 0 Å². The summed E-state index contributed by atoms with van der Waals surface area (Å²) in [4.78, 5) is 31.4. The average molecular weight is 302 g/mol. The highest BCUT2D eigenvalue weighted by atomic mass is 16.6. The highest BCUT2D eigenvalue weighted by Crippen LogP contribution is 2.35. The molecule has 1 aliphatic heterocycles. The molecular weight excluding hydrogens is 284 g/mol. The molecule has 116 valence electrons. The molecule has 1 aliphatic rings. The number of hydrogen-bond donors (Lipinski definition) is 1. The van der Waals surface area contributed by atoms with Gasteiger partial charge in [-0.05, 0) is 24.3 Å². The summed E-state index contributed by atoms with van der Waals surface area (Å²) in [7, 11) is 0. The molecule has 0 aliphatic carbocycles. The van der Waals surface area contributed by atoms with Crippen LogP contribution in [0.2, 0.25) is 0 Å². The Labute approximate surface area is 127 Å². The lowest BCUT2D eigenvalue weighted by molar-refractivity contribution is -0.384. The molecule has 2 aromatic rings. The molecular formula is C15H18N4O3. The predicted octanol–water partition coefficient (Wildman–Crippen LogP) is 2.31. The van der Waals surface area contributed by atoms with Gasteiger partial charge in [-0.25, -0.2) is 4.98 Å². The smallest absolute Gasteiger partial charge is 0.293 e. The second-order valence-electron chi connectivity index (χ2n) is 6.20. The van der Waals surface area contributed by atoms with Crippen molar-refractivity contribution in [3.05, 3.63) is 38.9 Å². The highest BCUT2D eigenvalue weighted by Gasteiger charge is 2.28. The van der Waals surface area contributed by atoms with Crippen molar-refractivity contribution >= 4 is 22.3 Å². The van der Waals surface area contributed by atoms with Gasteiger partial charge in [0.15, 0.2) is 0 Å². The molecule has 22 heavy (non-hydrogen) atoms. The van der Waals surface area contributed by atoms with Crippen LogP contribution in [0.1, 0.15) is 20.3 Å². The molecule has 0 radical (unpaired) electrons. The third-order valence-corrected chi connectivity index (χ3v) is 4.14. The molecule has 0 amide bonds. The summed E-state index contributed by atoms with van der Waals surface area (Å²) in [6.07, 6.45) is 2.44. The molecule has 1 aromatic carbocycles. The number of nitrogens with zero attached hydrogens (tertiary/aromatic N) is 3. The summed E-state index contributed by atoms with van der Waals surface area (Å²) in [5.41, 5.74) is 0.636. The van der Waals surface area contributed by atoms with Crippen molar-refractivity contribution < 1.29 is 4.92 Å². The monoisotopic (exact) mass is 302 g/mol. The number of nitro benzene ring substituents is 1. The molecule has 1 saturated heterocycles. The van der Waals surface area contributed by atoms with E-state index in [-0.39, 0.29) is 16.6 Å². The van der Waals surface area contributed by atoms with Crippen LogP contribution in [0.3, 0.4) is 0 Å². The maximum absolute atomic E-state index is 11.8. The van der Waals surface area contributed by atoms with Gasteiger partial charge in [0, 0.05) is 19.2 Å². The molecule has 2 heterocycles. The first-order valence-electron chi connectivity index (χ1n) is 7.36. The van der Waals surface area contributed by atoms with Crippen LogP contribution in [0.15, 0.2) is 23.3 Å². The minimum absolute atomic E-state index is 0.0349. The van der Waals surface area contributed by atoms with Crippen LogP contribution < -0.4 is 10.5 Å². The number of piperidine rings is 1. The number of fused-ring (bicyclic) bond motifs is 1. The van der Waals surface area contributed by atoms with Gasteiger partial charge in [-0.2, -0.15) is 0 Å². The van der Waals surface area contributed by atoms with E-state index in [0.717, 1.165) is 19.5 Å². The first kappa shape index (κ1) is 14.5. The standard InChI is InChI=1S/C15H18N4O3/c1-9-3-10(2)7-18(6-9)13-5-12-11(4-14(13)19(21)22)15(20)17-8-16-12/h4-5,8-10H,3,6-7H2,1-2H3,(H,16,17,20)/t9-,10-/m1/s1. The number of nitro groups is 1. The van der Waals surface area contributed by atoms with Crippen molar-refractivity contribution in [1.29, 1.82) is 0 Å². The van der Waals surface area contributed by atoms with Gasteiger partial charge in [-0.1, -0.05) is 13.8 Å². The molecule has 0 saturated carbocycles. The fraction of sp³-hybridized carbons (Fsp3) is 0.467. The third kappa shape index (κ3) is 2.54. The fourth-order valence-corrected chi connectivity index (χ4v) is 3.35. The Morgan fingerprint density at radius 2 is 2.00 bits per heavy atom. The SMILES string of the molecule is C[C@@H]1C[C@@H](C)CN(c2cc3nc[nH]c(=O)c3cc2[N+](=O)[O-])C1. The number of nitrogens with one attached hydrogen (secondary N) is 1. The van der Waals surface area contributed by atoms with Gasteiger partial charge in [0.2, 0.25) is 0 Å². The molecule has 0 unspecified atom stereocenters. The highest BCUT2D eigenvalue weighted by molar-refractivity contribution is 5.87. The van der Waals surface area contributed by atoms with Crippen LogP contribution in [0.25, 0.3) is 10.9 Å². The van der Waals surface area contributed by atoms with Crippen LogP contribution in [0.4, 0.5) is 11.4 Å². The van der Waals surface area contributed by atoms with E-state index in [2.05, 4.69) is 23.8 Å². The lowest BCUT2D eigenvalue weighted by Crippen LogP contribution is -2.39. The minimum Gasteiger partial charge on any atom is -0.365 e. The number of anilines is 1. The van der Waals surface area contributed by atoms with Gasteiger partial charge < -0.3 is 9.88 Å². The zero-order valence-electron chi connectivity index (χ0n) is 12.6. The topological polar surface area (TPSA) is 92.1 Å². The first-order chi connectivity index (χ1) is 10.5. The number of rotatable bonds is 2. The fourth-order valence-electron chi connectivity index (χ4n) is 3.35. The zero-order chi connectivity index (χ0) is 15.9. The lowest BCUT2D eigenvalue weighted by Gasteiger charge is -2.36. The number of hydrogen-bond acceptors (Lipinski definition) is 5. The Balaban J connectivity index is 2.17. The predicted molar refractivity (Wildman–Crippen MR) is 84.2 cm³/mol. The minimum atomic E-state index is -0.425. The molecule has 1 aromatic heterocycles. The van der Waals surface area contributed by atoms with E-state index in [9.17, 15) is 14.9 Å². The van der Waals surface area contributed by atoms with Crippen molar-refractivity contribution in [3.63, 3.8) is 0 Å². The summed E-state index contributed by atoms with van der Waals surface area (Å²) in [5.74, 6) is 0.956. The first-order valence-corrected chi connectivity index (χ1v) is 7.36. The largest absolute Gasteiger partial charge is 0.365 e. The van der Waals surface area contributed by atoms with Gasteiger partial charge in [0.25, 0.3) is 11.2 Å².